The van der Waals surface area contributed by atoms with Crippen molar-refractivity contribution < 1.29 is 19.4 Å². The number of ether oxygens (including phenoxy) is 1. The summed E-state index contributed by atoms with van der Waals surface area (Å²) < 4.78 is 7.22. The highest BCUT2D eigenvalue weighted by Crippen LogP contribution is 2.47. The van der Waals surface area contributed by atoms with E-state index < -0.39 is 5.92 Å². The average Bonchev–Trinajstić information content (AvgIpc) is 3.17. The number of rotatable bonds is 2. The molecule has 0 aliphatic carbocycles. The Bertz CT molecular complexity index is 1270. The number of hydrogen-bond donors (Lipinski definition) is 2. The van der Waals surface area contributed by atoms with Crippen LogP contribution < -0.4 is 10.1 Å². The zero-order chi connectivity index (χ0) is 21.2. The first-order valence-electron chi connectivity index (χ1n) is 9.68. The second-order valence-electron chi connectivity index (χ2n) is 7.69. The van der Waals surface area contributed by atoms with Crippen molar-refractivity contribution in [2.75, 3.05) is 19.0 Å². The van der Waals surface area contributed by atoms with E-state index in [1.807, 2.05) is 42.1 Å². The zero-order valence-electron chi connectivity index (χ0n) is 16.9. The number of nitrogens with zero attached hydrogens (tertiary/aromatic N) is 2. The molecular formula is C23H21N3O4. The molecule has 2 N–H and O–H groups in total. The van der Waals surface area contributed by atoms with Crippen molar-refractivity contribution in [3.05, 3.63) is 65.0 Å². The molecule has 1 aromatic heterocycles. The minimum absolute atomic E-state index is 0.00341. The number of aromatic nitrogens is 1. The molecule has 0 radical (unpaired) electrons. The Morgan fingerprint density at radius 3 is 2.77 bits per heavy atom. The van der Waals surface area contributed by atoms with E-state index in [9.17, 15) is 14.7 Å². The lowest BCUT2D eigenvalue weighted by Crippen LogP contribution is -2.33. The van der Waals surface area contributed by atoms with Gasteiger partial charge in [0, 0.05) is 42.9 Å². The van der Waals surface area contributed by atoms with Crippen molar-refractivity contribution in [1.82, 2.24) is 9.47 Å². The summed E-state index contributed by atoms with van der Waals surface area (Å²) in [7, 11) is 3.46. The van der Waals surface area contributed by atoms with E-state index in [4.69, 9.17) is 4.74 Å². The van der Waals surface area contributed by atoms with Gasteiger partial charge < -0.3 is 19.7 Å². The number of nitrogens with one attached hydrogen (secondary N) is 1. The van der Waals surface area contributed by atoms with Gasteiger partial charge in [-0.3, -0.25) is 14.5 Å². The maximum Gasteiger partial charge on any atom is 0.259 e. The summed E-state index contributed by atoms with van der Waals surface area (Å²) in [5, 5.41) is 14.9. The molecule has 3 aromatic rings. The van der Waals surface area contributed by atoms with Crippen LogP contribution in [0.15, 0.2) is 53.9 Å². The zero-order valence-corrected chi connectivity index (χ0v) is 16.9. The predicted octanol–water partition coefficient (Wildman–Crippen LogP) is 3.09. The van der Waals surface area contributed by atoms with Crippen LogP contribution in [-0.4, -0.2) is 40.0 Å². The van der Waals surface area contributed by atoms with Crippen molar-refractivity contribution in [2.45, 2.75) is 12.8 Å². The standard InChI is InChI=1S/C23H21N3O4/c1-12(27)26-11-16-22(23(26)29)20(13-7-8-19(30-3)18(28)9-13)14-10-25(2)17-6-4-5-15(24-16)21(14)17/h4-10,20,24,28H,11H2,1-3H3/t20-/m0/s1. The normalized spacial score (nSPS) is 17.8. The molecule has 7 heteroatoms. The lowest BCUT2D eigenvalue weighted by Gasteiger charge is -2.20. The van der Waals surface area contributed by atoms with Crippen molar-refractivity contribution >= 4 is 28.4 Å². The summed E-state index contributed by atoms with van der Waals surface area (Å²) in [5.74, 6) is -0.675. The van der Waals surface area contributed by atoms with Gasteiger partial charge in [0.2, 0.25) is 5.91 Å². The van der Waals surface area contributed by atoms with Gasteiger partial charge in [-0.15, -0.1) is 0 Å². The molecule has 2 aromatic carbocycles. The maximum atomic E-state index is 13.3. The van der Waals surface area contributed by atoms with Gasteiger partial charge >= 0.3 is 0 Å². The molecule has 0 bridgehead atoms. The van der Waals surface area contributed by atoms with Gasteiger partial charge in [0.05, 0.1) is 24.7 Å². The van der Waals surface area contributed by atoms with Crippen molar-refractivity contribution in [3.63, 3.8) is 0 Å². The Kier molecular flexibility index (Phi) is 3.89. The van der Waals surface area contributed by atoms with Gasteiger partial charge in [-0.1, -0.05) is 12.1 Å². The SMILES string of the molecule is COc1ccc([C@@H]2C3=C(CN(C(C)=O)C3=O)Nc3cccc4c3c2cn4C)cc1O. The van der Waals surface area contributed by atoms with E-state index in [-0.39, 0.29) is 24.1 Å². The van der Waals surface area contributed by atoms with Crippen molar-refractivity contribution in [2.24, 2.45) is 7.05 Å². The van der Waals surface area contributed by atoms with Gasteiger partial charge in [-0.2, -0.15) is 0 Å². The molecule has 2 amide bonds. The quantitative estimate of drug-likeness (QED) is 0.687. The summed E-state index contributed by atoms with van der Waals surface area (Å²) in [6.07, 6.45) is 2.02. The van der Waals surface area contributed by atoms with Crippen molar-refractivity contribution in [1.29, 1.82) is 0 Å². The Labute approximate surface area is 173 Å². The average molecular weight is 403 g/mol. The third-order valence-corrected chi connectivity index (χ3v) is 5.96. The summed E-state index contributed by atoms with van der Waals surface area (Å²) in [6, 6.07) is 11.2. The second-order valence-corrected chi connectivity index (χ2v) is 7.69. The number of hydrogen-bond acceptors (Lipinski definition) is 5. The lowest BCUT2D eigenvalue weighted by atomic mass is 9.84. The van der Waals surface area contributed by atoms with Crippen LogP contribution in [0.25, 0.3) is 10.9 Å². The number of amides is 2. The van der Waals surface area contributed by atoms with E-state index in [0.29, 0.717) is 17.0 Å². The molecule has 0 fully saturated rings. The van der Waals surface area contributed by atoms with Gasteiger partial charge in [0.15, 0.2) is 11.5 Å². The number of aromatic hydroxyl groups is 1. The number of phenols is 1. The topological polar surface area (TPSA) is 83.8 Å². The van der Waals surface area contributed by atoms with Crippen LogP contribution >= 0.6 is 0 Å². The first-order valence-corrected chi connectivity index (χ1v) is 9.68. The minimum Gasteiger partial charge on any atom is -0.504 e. The second kappa shape index (κ2) is 6.38. The number of phenolic OH excluding ortho intramolecular Hbond substituents is 1. The Morgan fingerprint density at radius 1 is 1.27 bits per heavy atom. The molecule has 5 rings (SSSR count). The first-order chi connectivity index (χ1) is 14.4. The van der Waals surface area contributed by atoms with Gasteiger partial charge in [-0.05, 0) is 35.4 Å². The van der Waals surface area contributed by atoms with E-state index in [1.54, 1.807) is 12.1 Å². The number of anilines is 1. The van der Waals surface area contributed by atoms with Crippen molar-refractivity contribution in [3.8, 4) is 11.5 Å². The van der Waals surface area contributed by atoms with Crippen LogP contribution in [0, 0.1) is 0 Å². The van der Waals surface area contributed by atoms with Crippen LogP contribution in [0.2, 0.25) is 0 Å². The number of benzene rings is 2. The lowest BCUT2D eigenvalue weighted by molar-refractivity contribution is -0.139. The molecule has 0 saturated heterocycles. The van der Waals surface area contributed by atoms with E-state index in [1.165, 1.54) is 18.9 Å². The Balaban J connectivity index is 1.80. The molecule has 3 heterocycles. The third kappa shape index (κ3) is 2.45. The highest BCUT2D eigenvalue weighted by Gasteiger charge is 2.41. The molecule has 0 spiro atoms. The molecule has 2 aliphatic heterocycles. The third-order valence-electron chi connectivity index (χ3n) is 5.96. The minimum atomic E-state index is -0.437. The Hall–Kier alpha value is -3.74. The highest BCUT2D eigenvalue weighted by atomic mass is 16.5. The fraction of sp³-hybridized carbons (Fsp3) is 0.217. The summed E-state index contributed by atoms with van der Waals surface area (Å²) in [5.41, 5.74) is 4.87. The molecule has 1 atom stereocenters. The first kappa shape index (κ1) is 18.3. The summed E-state index contributed by atoms with van der Waals surface area (Å²) in [4.78, 5) is 26.7. The van der Waals surface area contributed by atoms with Gasteiger partial charge in [0.1, 0.15) is 0 Å². The molecule has 2 aliphatic rings. The molecule has 152 valence electrons. The van der Waals surface area contributed by atoms with Crippen LogP contribution in [0.1, 0.15) is 24.0 Å². The van der Waals surface area contributed by atoms with E-state index in [2.05, 4.69) is 5.32 Å². The predicted molar refractivity (Wildman–Crippen MR) is 112 cm³/mol. The van der Waals surface area contributed by atoms with Gasteiger partial charge in [0.25, 0.3) is 5.91 Å². The largest absolute Gasteiger partial charge is 0.504 e. The van der Waals surface area contributed by atoms with Crippen LogP contribution in [-0.2, 0) is 16.6 Å². The molecular weight excluding hydrogens is 382 g/mol. The van der Waals surface area contributed by atoms with E-state index >= 15 is 0 Å². The van der Waals surface area contributed by atoms with Gasteiger partial charge in [-0.25, -0.2) is 0 Å². The summed E-state index contributed by atoms with van der Waals surface area (Å²) in [6.45, 7) is 1.60. The molecule has 30 heavy (non-hydrogen) atoms. The van der Waals surface area contributed by atoms with Crippen LogP contribution in [0.3, 0.4) is 0 Å². The number of aryl methyl sites for hydroxylation is 1. The van der Waals surface area contributed by atoms with Crippen LogP contribution in [0.5, 0.6) is 11.5 Å². The number of carbonyl (C=O) groups is 2. The smallest absolute Gasteiger partial charge is 0.259 e. The highest BCUT2D eigenvalue weighted by molar-refractivity contribution is 6.11. The number of carbonyl (C=O) groups excluding carboxylic acids is 2. The molecule has 0 saturated carbocycles. The summed E-state index contributed by atoms with van der Waals surface area (Å²) >= 11 is 0. The molecule has 7 nitrogen and oxygen atoms in total. The number of imide groups is 1. The molecule has 0 unspecified atom stereocenters. The van der Waals surface area contributed by atoms with Crippen LogP contribution in [0.4, 0.5) is 5.69 Å². The fourth-order valence-corrected chi connectivity index (χ4v) is 4.60. The van der Waals surface area contributed by atoms with E-state index in [0.717, 1.165) is 27.7 Å². The maximum absolute atomic E-state index is 13.3. The fourth-order valence-electron chi connectivity index (χ4n) is 4.60. The monoisotopic (exact) mass is 403 g/mol. The number of methoxy groups -OCH3 is 1. The Morgan fingerprint density at radius 2 is 2.07 bits per heavy atom.